The Labute approximate surface area is 236 Å². The average molecular weight is 564 g/mol. The van der Waals surface area contributed by atoms with Crippen molar-refractivity contribution in [3.8, 4) is 0 Å². The van der Waals surface area contributed by atoms with Crippen LogP contribution in [0.5, 0.6) is 0 Å². The highest BCUT2D eigenvalue weighted by molar-refractivity contribution is 7.85. The van der Waals surface area contributed by atoms with Crippen LogP contribution in [0.15, 0.2) is 78.5 Å². The van der Waals surface area contributed by atoms with Gasteiger partial charge in [-0.25, -0.2) is 0 Å². The normalized spacial score (nSPS) is 18.9. The molecule has 0 spiro atoms. The minimum absolute atomic E-state index is 0.191. The number of anilines is 1. The van der Waals surface area contributed by atoms with Gasteiger partial charge in [-0.1, -0.05) is 61.9 Å². The smallest absolute Gasteiger partial charge is 0.264 e. The topological polar surface area (TPSA) is 60.6 Å². The highest BCUT2D eigenvalue weighted by atomic mass is 35.5. The van der Waals surface area contributed by atoms with Gasteiger partial charge in [0.05, 0.1) is 11.2 Å². The molecule has 0 saturated heterocycles. The van der Waals surface area contributed by atoms with Crippen LogP contribution in [0.1, 0.15) is 51.7 Å². The number of hydrogen-bond acceptors (Lipinski definition) is 3. The van der Waals surface area contributed by atoms with Crippen molar-refractivity contribution in [2.75, 3.05) is 24.2 Å². The molecule has 0 aliphatic carbocycles. The molecule has 0 atom stereocenters. The standard InChI is InChI=1S/C32H35ClN2O3S/c1-31(2)25-21-23(33)16-18-26(25)34(5)28(31)13-10-14-29-32(3,4)30-24-12-7-6-11-22(24)15-17-27(30)35(29)19-8-9-20-39(36,37)38/h6-7,10-18,21H,8-9,19-20H2,1-5H3/p+1. The van der Waals surface area contributed by atoms with E-state index in [0.29, 0.717) is 19.4 Å². The van der Waals surface area contributed by atoms with Crippen LogP contribution < -0.4 is 4.90 Å². The van der Waals surface area contributed by atoms with E-state index in [-0.39, 0.29) is 16.6 Å². The summed E-state index contributed by atoms with van der Waals surface area (Å²) in [6.45, 7) is 9.62. The van der Waals surface area contributed by atoms with Crippen molar-refractivity contribution < 1.29 is 17.5 Å². The van der Waals surface area contributed by atoms with E-state index < -0.39 is 10.1 Å². The minimum Gasteiger partial charge on any atom is -0.344 e. The van der Waals surface area contributed by atoms with E-state index in [9.17, 15) is 13.0 Å². The van der Waals surface area contributed by atoms with Crippen molar-refractivity contribution in [2.45, 2.75) is 51.4 Å². The van der Waals surface area contributed by atoms with Crippen LogP contribution >= 0.6 is 11.6 Å². The minimum atomic E-state index is -3.97. The second-order valence-corrected chi connectivity index (χ2v) is 13.6. The van der Waals surface area contributed by atoms with Gasteiger partial charge < -0.3 is 4.90 Å². The molecule has 2 heterocycles. The third-order valence-electron chi connectivity index (χ3n) is 8.29. The first-order chi connectivity index (χ1) is 18.3. The Hall–Kier alpha value is -2.93. The molecule has 39 heavy (non-hydrogen) atoms. The summed E-state index contributed by atoms with van der Waals surface area (Å²) in [5.74, 6) is -0.224. The summed E-state index contributed by atoms with van der Waals surface area (Å²) >= 11 is 6.34. The van der Waals surface area contributed by atoms with Gasteiger partial charge in [-0.15, -0.1) is 0 Å². The van der Waals surface area contributed by atoms with Crippen molar-refractivity contribution in [1.29, 1.82) is 0 Å². The molecule has 0 saturated carbocycles. The number of unbranched alkanes of at least 4 members (excludes halogenated alkanes) is 1. The summed E-state index contributed by atoms with van der Waals surface area (Å²) in [7, 11) is -1.88. The second-order valence-electron chi connectivity index (χ2n) is 11.6. The molecule has 0 aromatic heterocycles. The van der Waals surface area contributed by atoms with Crippen molar-refractivity contribution in [3.63, 3.8) is 0 Å². The maximum atomic E-state index is 11.3. The average Bonchev–Trinajstić information content (AvgIpc) is 3.20. The quantitative estimate of drug-likeness (QED) is 0.185. The molecule has 0 unspecified atom stereocenters. The predicted molar refractivity (Wildman–Crippen MR) is 163 cm³/mol. The van der Waals surface area contributed by atoms with Crippen molar-refractivity contribution in [1.82, 2.24) is 0 Å². The zero-order valence-corrected chi connectivity index (χ0v) is 24.8. The molecule has 1 N–H and O–H groups in total. The summed E-state index contributed by atoms with van der Waals surface area (Å²) in [5, 5.41) is 3.17. The highest BCUT2D eigenvalue weighted by Crippen LogP contribution is 2.51. The van der Waals surface area contributed by atoms with Crippen molar-refractivity contribution in [2.24, 2.45) is 0 Å². The predicted octanol–water partition coefficient (Wildman–Crippen LogP) is 7.41. The number of halogens is 1. The zero-order chi connectivity index (χ0) is 28.2. The SMILES string of the molecule is C[N+]1=C(/C=C/C=C2\N(CCCCS(=O)(=O)O)c3ccc4ccccc4c3C2(C)C)C(C)(C)c2cc(Cl)ccc21. The summed E-state index contributed by atoms with van der Waals surface area (Å²) in [4.78, 5) is 2.32. The van der Waals surface area contributed by atoms with Crippen LogP contribution in [0, 0.1) is 0 Å². The van der Waals surface area contributed by atoms with E-state index in [0.717, 1.165) is 22.1 Å². The van der Waals surface area contributed by atoms with E-state index in [2.05, 4.69) is 111 Å². The van der Waals surface area contributed by atoms with Gasteiger partial charge >= 0.3 is 0 Å². The lowest BCUT2D eigenvalue weighted by molar-refractivity contribution is -0.401. The van der Waals surface area contributed by atoms with E-state index in [4.69, 9.17) is 11.6 Å². The Kier molecular flexibility index (Phi) is 7.03. The maximum Gasteiger partial charge on any atom is 0.264 e. The molecule has 0 bridgehead atoms. The first kappa shape index (κ1) is 27.6. The highest BCUT2D eigenvalue weighted by Gasteiger charge is 2.43. The molecule has 0 amide bonds. The van der Waals surface area contributed by atoms with E-state index >= 15 is 0 Å². The molecular weight excluding hydrogens is 528 g/mol. The van der Waals surface area contributed by atoms with E-state index in [1.54, 1.807) is 0 Å². The number of hydrogen-bond donors (Lipinski definition) is 1. The zero-order valence-electron chi connectivity index (χ0n) is 23.2. The molecule has 5 nitrogen and oxygen atoms in total. The summed E-state index contributed by atoms with van der Waals surface area (Å²) < 4.78 is 34.0. The van der Waals surface area contributed by atoms with Crippen LogP contribution in [0.4, 0.5) is 11.4 Å². The lowest BCUT2D eigenvalue weighted by atomic mass is 9.80. The Morgan fingerprint density at radius 2 is 1.74 bits per heavy atom. The van der Waals surface area contributed by atoms with Gasteiger partial charge in [0.25, 0.3) is 10.1 Å². The lowest BCUT2D eigenvalue weighted by Gasteiger charge is -2.27. The lowest BCUT2D eigenvalue weighted by Crippen LogP contribution is -2.28. The fourth-order valence-corrected chi connectivity index (χ4v) is 7.11. The Morgan fingerprint density at radius 3 is 2.49 bits per heavy atom. The molecule has 204 valence electrons. The maximum absolute atomic E-state index is 11.3. The van der Waals surface area contributed by atoms with E-state index in [1.165, 1.54) is 27.6 Å². The van der Waals surface area contributed by atoms with Gasteiger partial charge in [0.15, 0.2) is 5.71 Å². The molecule has 7 heteroatoms. The fourth-order valence-electron chi connectivity index (χ4n) is 6.37. The van der Waals surface area contributed by atoms with Gasteiger partial charge in [0, 0.05) is 46.1 Å². The van der Waals surface area contributed by atoms with Crippen LogP contribution in [0.2, 0.25) is 5.02 Å². The van der Waals surface area contributed by atoms with Crippen LogP contribution in [0.25, 0.3) is 10.8 Å². The third kappa shape index (κ3) is 4.94. The van der Waals surface area contributed by atoms with E-state index in [1.807, 2.05) is 6.07 Å². The molecule has 2 aliphatic heterocycles. The first-order valence-corrected chi connectivity index (χ1v) is 15.4. The van der Waals surface area contributed by atoms with Gasteiger partial charge in [0.2, 0.25) is 5.69 Å². The van der Waals surface area contributed by atoms with Crippen LogP contribution in [0.3, 0.4) is 0 Å². The summed E-state index contributed by atoms with van der Waals surface area (Å²) in [6.07, 6.45) is 7.57. The largest absolute Gasteiger partial charge is 0.344 e. The first-order valence-electron chi connectivity index (χ1n) is 13.4. The number of nitrogens with zero attached hydrogens (tertiary/aromatic N) is 2. The van der Waals surface area contributed by atoms with Crippen LogP contribution in [-0.2, 0) is 20.9 Å². The molecule has 5 rings (SSSR count). The fraction of sp³-hybridized carbons (Fsp3) is 0.344. The molecule has 3 aromatic rings. The molecule has 2 aliphatic rings. The Balaban J connectivity index is 1.54. The van der Waals surface area contributed by atoms with Gasteiger partial charge in [-0.3, -0.25) is 4.55 Å². The monoisotopic (exact) mass is 563 g/mol. The number of allylic oxidation sites excluding steroid dienone is 4. The Morgan fingerprint density at radius 1 is 1.00 bits per heavy atom. The number of fused-ring (bicyclic) bond motifs is 4. The van der Waals surface area contributed by atoms with Gasteiger partial charge in [0.1, 0.15) is 7.05 Å². The van der Waals surface area contributed by atoms with Crippen LogP contribution in [-0.4, -0.2) is 42.6 Å². The number of rotatable bonds is 7. The van der Waals surface area contributed by atoms with Gasteiger partial charge in [-0.2, -0.15) is 13.0 Å². The second kappa shape index (κ2) is 9.92. The third-order valence-corrected chi connectivity index (χ3v) is 9.33. The molecule has 3 aromatic carbocycles. The van der Waals surface area contributed by atoms with Crippen molar-refractivity contribution >= 4 is 49.6 Å². The molecule has 0 radical (unpaired) electrons. The van der Waals surface area contributed by atoms with Crippen molar-refractivity contribution in [3.05, 3.63) is 94.7 Å². The molecule has 0 fully saturated rings. The number of benzene rings is 3. The molecular formula is C32H36ClN2O3S+. The van der Waals surface area contributed by atoms with Gasteiger partial charge in [-0.05, 0) is 67.3 Å². The summed E-state index contributed by atoms with van der Waals surface area (Å²) in [6, 6.07) is 18.9. The summed E-state index contributed by atoms with van der Waals surface area (Å²) in [5.41, 5.74) is 6.71. The Bertz CT molecular complexity index is 1670.